The number of hydrogen-bond donors (Lipinski definition) is 1. The number of carbonyl (C=O) groups is 2. The minimum Gasteiger partial charge on any atom is -0.347 e. The maximum atomic E-state index is 11.8. The predicted octanol–water partition coefficient (Wildman–Crippen LogP) is 1.06. The van der Waals surface area contributed by atoms with Crippen molar-refractivity contribution in [3.63, 3.8) is 0 Å². The highest BCUT2D eigenvalue weighted by atomic mass is 16.2. The second kappa shape index (κ2) is 6.60. The lowest BCUT2D eigenvalue weighted by molar-refractivity contribution is -0.117. The van der Waals surface area contributed by atoms with Crippen molar-refractivity contribution in [2.45, 2.75) is 25.9 Å². The molecule has 1 atom stereocenters. The molecular formula is C14H16N4O2. The highest BCUT2D eigenvalue weighted by Gasteiger charge is 2.18. The first kappa shape index (κ1) is 13.9. The summed E-state index contributed by atoms with van der Waals surface area (Å²) in [5, 5.41) is 6.76. The molecule has 6 nitrogen and oxygen atoms in total. The van der Waals surface area contributed by atoms with Crippen LogP contribution in [0.5, 0.6) is 0 Å². The van der Waals surface area contributed by atoms with E-state index in [9.17, 15) is 9.59 Å². The van der Waals surface area contributed by atoms with E-state index >= 15 is 0 Å². The van der Waals surface area contributed by atoms with E-state index in [-0.39, 0.29) is 6.04 Å². The Morgan fingerprint density at radius 2 is 2.20 bits per heavy atom. The summed E-state index contributed by atoms with van der Waals surface area (Å²) in [6, 6.07) is 4.94. The van der Waals surface area contributed by atoms with E-state index in [4.69, 9.17) is 0 Å². The number of Topliss-reactive ketones (excluding diaryl/α,β-unsaturated/α-hetero) is 1. The summed E-state index contributed by atoms with van der Waals surface area (Å²) in [5.74, 6) is -1.17. The number of pyridine rings is 1. The Morgan fingerprint density at radius 1 is 1.35 bits per heavy atom. The lowest BCUT2D eigenvalue weighted by Gasteiger charge is -2.13. The molecule has 2 heterocycles. The lowest BCUT2D eigenvalue weighted by atomic mass is 10.1. The van der Waals surface area contributed by atoms with Crippen molar-refractivity contribution in [3.05, 3.63) is 48.5 Å². The molecular weight excluding hydrogens is 256 g/mol. The van der Waals surface area contributed by atoms with Crippen LogP contribution >= 0.6 is 0 Å². The van der Waals surface area contributed by atoms with E-state index in [1.54, 1.807) is 29.2 Å². The van der Waals surface area contributed by atoms with Crippen LogP contribution in [0, 0.1) is 0 Å². The van der Waals surface area contributed by atoms with Gasteiger partial charge in [0, 0.05) is 42.9 Å². The van der Waals surface area contributed by atoms with Gasteiger partial charge < -0.3 is 5.32 Å². The molecule has 2 aromatic heterocycles. The van der Waals surface area contributed by atoms with Crippen molar-refractivity contribution in [1.82, 2.24) is 20.1 Å². The van der Waals surface area contributed by atoms with Gasteiger partial charge in [0.2, 0.25) is 0 Å². The Morgan fingerprint density at radius 3 is 2.85 bits per heavy atom. The molecule has 0 aliphatic heterocycles. The average molecular weight is 272 g/mol. The maximum absolute atomic E-state index is 11.8. The first-order chi connectivity index (χ1) is 9.66. The number of rotatable bonds is 6. The molecule has 0 unspecified atom stereocenters. The monoisotopic (exact) mass is 272 g/mol. The van der Waals surface area contributed by atoms with Crippen molar-refractivity contribution < 1.29 is 9.59 Å². The Bertz CT molecular complexity index is 566. The summed E-state index contributed by atoms with van der Waals surface area (Å²) in [6.45, 7) is 2.55. The Balaban J connectivity index is 1.83. The maximum Gasteiger partial charge on any atom is 0.292 e. The molecule has 0 aromatic carbocycles. The summed E-state index contributed by atoms with van der Waals surface area (Å²) in [7, 11) is 0. The van der Waals surface area contributed by atoms with Crippen molar-refractivity contribution in [2.75, 3.05) is 0 Å². The van der Waals surface area contributed by atoms with Crippen LogP contribution in [0.1, 0.15) is 23.7 Å². The third kappa shape index (κ3) is 3.74. The first-order valence-electron chi connectivity index (χ1n) is 6.39. The zero-order valence-corrected chi connectivity index (χ0v) is 11.2. The number of amides is 1. The van der Waals surface area contributed by atoms with Gasteiger partial charge in [-0.3, -0.25) is 19.3 Å². The second-order valence-electron chi connectivity index (χ2n) is 4.50. The smallest absolute Gasteiger partial charge is 0.292 e. The number of nitrogens with one attached hydrogen (secondary N) is 1. The first-order valence-corrected chi connectivity index (χ1v) is 6.39. The van der Waals surface area contributed by atoms with Crippen molar-refractivity contribution in [2.24, 2.45) is 0 Å². The summed E-state index contributed by atoms with van der Waals surface area (Å²) in [6.07, 6.45) is 7.20. The fraction of sp³-hybridized carbons (Fsp3) is 0.286. The predicted molar refractivity (Wildman–Crippen MR) is 73.0 cm³/mol. The highest BCUT2D eigenvalue weighted by Crippen LogP contribution is 2.00. The molecule has 0 fully saturated rings. The Kier molecular flexibility index (Phi) is 4.60. The molecule has 2 rings (SSSR count). The van der Waals surface area contributed by atoms with Crippen LogP contribution in [0.2, 0.25) is 0 Å². The van der Waals surface area contributed by atoms with Gasteiger partial charge in [-0.1, -0.05) is 0 Å². The number of nitrogens with zero attached hydrogens (tertiary/aromatic N) is 3. The number of aryl methyl sites for hydroxylation is 1. The normalized spacial score (nSPS) is 11.8. The average Bonchev–Trinajstić information content (AvgIpc) is 2.98. The van der Waals surface area contributed by atoms with Gasteiger partial charge >= 0.3 is 0 Å². The standard InChI is InChI=1S/C14H16N4O2/c1-11(5-9-18-8-3-7-16-18)17-14(20)13(19)12-4-2-6-15-10-12/h2-4,6-8,10-11H,5,9H2,1H3,(H,17,20)/t11-/m0/s1. The van der Waals surface area contributed by atoms with Gasteiger partial charge in [-0.15, -0.1) is 0 Å². The van der Waals surface area contributed by atoms with Gasteiger partial charge in [-0.05, 0) is 31.5 Å². The lowest BCUT2D eigenvalue weighted by Crippen LogP contribution is -2.38. The summed E-state index contributed by atoms with van der Waals surface area (Å²) in [5.41, 5.74) is 0.296. The molecule has 0 radical (unpaired) electrons. The molecule has 104 valence electrons. The van der Waals surface area contributed by atoms with E-state index in [2.05, 4.69) is 15.4 Å². The van der Waals surface area contributed by atoms with Crippen LogP contribution in [-0.2, 0) is 11.3 Å². The number of aromatic nitrogens is 3. The van der Waals surface area contributed by atoms with Crippen molar-refractivity contribution in [1.29, 1.82) is 0 Å². The fourth-order valence-electron chi connectivity index (χ4n) is 1.75. The summed E-state index contributed by atoms with van der Waals surface area (Å²) in [4.78, 5) is 27.5. The molecule has 0 aliphatic carbocycles. The SMILES string of the molecule is C[C@@H](CCn1cccn1)NC(=O)C(=O)c1cccnc1. The topological polar surface area (TPSA) is 76.9 Å². The molecule has 1 N–H and O–H groups in total. The molecule has 0 saturated carbocycles. The molecule has 0 spiro atoms. The zero-order valence-electron chi connectivity index (χ0n) is 11.2. The van der Waals surface area contributed by atoms with Gasteiger partial charge in [-0.2, -0.15) is 5.10 Å². The quantitative estimate of drug-likeness (QED) is 0.630. The summed E-state index contributed by atoms with van der Waals surface area (Å²) < 4.78 is 1.78. The van der Waals surface area contributed by atoms with Crippen molar-refractivity contribution >= 4 is 11.7 Å². The van der Waals surface area contributed by atoms with Crippen LogP contribution in [-0.4, -0.2) is 32.5 Å². The van der Waals surface area contributed by atoms with E-state index in [0.29, 0.717) is 18.5 Å². The van der Waals surface area contributed by atoms with Gasteiger partial charge in [0.15, 0.2) is 0 Å². The fourth-order valence-corrected chi connectivity index (χ4v) is 1.75. The Labute approximate surface area is 116 Å². The number of ketones is 1. The molecule has 6 heteroatoms. The van der Waals surface area contributed by atoms with Gasteiger partial charge in [-0.25, -0.2) is 0 Å². The molecule has 20 heavy (non-hydrogen) atoms. The summed E-state index contributed by atoms with van der Waals surface area (Å²) >= 11 is 0. The largest absolute Gasteiger partial charge is 0.347 e. The molecule has 0 bridgehead atoms. The van der Waals surface area contributed by atoms with E-state index in [1.165, 1.54) is 6.20 Å². The number of hydrogen-bond acceptors (Lipinski definition) is 4. The third-order valence-electron chi connectivity index (χ3n) is 2.86. The van der Waals surface area contributed by atoms with Crippen LogP contribution in [0.15, 0.2) is 43.0 Å². The zero-order chi connectivity index (χ0) is 14.4. The van der Waals surface area contributed by atoms with E-state index in [0.717, 1.165) is 0 Å². The second-order valence-corrected chi connectivity index (χ2v) is 4.50. The third-order valence-corrected chi connectivity index (χ3v) is 2.86. The van der Waals surface area contributed by atoms with Gasteiger partial charge in [0.05, 0.1) is 0 Å². The molecule has 0 aliphatic rings. The molecule has 2 aromatic rings. The van der Waals surface area contributed by atoms with E-state index in [1.807, 2.05) is 19.2 Å². The molecule has 1 amide bonds. The number of carbonyl (C=O) groups excluding carboxylic acids is 2. The van der Waals surface area contributed by atoms with Crippen LogP contribution in [0.25, 0.3) is 0 Å². The molecule has 0 saturated heterocycles. The van der Waals surface area contributed by atoms with Crippen LogP contribution in [0.4, 0.5) is 0 Å². The minimum absolute atomic E-state index is 0.104. The highest BCUT2D eigenvalue weighted by molar-refractivity contribution is 6.42. The minimum atomic E-state index is -0.606. The van der Waals surface area contributed by atoms with Crippen molar-refractivity contribution in [3.8, 4) is 0 Å². The van der Waals surface area contributed by atoms with Crippen LogP contribution in [0.3, 0.4) is 0 Å². The van der Waals surface area contributed by atoms with Gasteiger partial charge in [0.1, 0.15) is 0 Å². The van der Waals surface area contributed by atoms with Crippen LogP contribution < -0.4 is 5.32 Å². The van der Waals surface area contributed by atoms with E-state index < -0.39 is 11.7 Å². The van der Waals surface area contributed by atoms with Gasteiger partial charge in [0.25, 0.3) is 11.7 Å². The Hall–Kier alpha value is -2.50.